The van der Waals surface area contributed by atoms with Gasteiger partial charge in [0.2, 0.25) is 5.89 Å². The molecule has 0 aliphatic heterocycles. The summed E-state index contributed by atoms with van der Waals surface area (Å²) in [6, 6.07) is 24.5. The highest BCUT2D eigenvalue weighted by Gasteiger charge is 2.17. The second-order valence-corrected chi connectivity index (χ2v) is 8.88. The molecule has 7 nitrogen and oxygen atoms in total. The van der Waals surface area contributed by atoms with Crippen molar-refractivity contribution < 1.29 is 14.4 Å². The third-order valence-electron chi connectivity index (χ3n) is 5.35. The van der Waals surface area contributed by atoms with Crippen LogP contribution in [0.5, 0.6) is 5.75 Å². The van der Waals surface area contributed by atoms with Gasteiger partial charge in [0.1, 0.15) is 5.75 Å². The first-order valence-electron chi connectivity index (χ1n) is 10.6. The fraction of sp³-hybridized carbons (Fsp3) is 0.0769. The number of fused-ring (bicyclic) bond motifs is 1. The molecule has 0 saturated carbocycles. The third-order valence-corrected chi connectivity index (χ3v) is 6.43. The molecule has 2 heterocycles. The summed E-state index contributed by atoms with van der Waals surface area (Å²) in [5, 5.41) is 23.2. The third kappa shape index (κ3) is 4.99. The molecule has 0 fully saturated rings. The Balaban J connectivity index is 1.50. The quantitative estimate of drug-likeness (QED) is 0.116. The fourth-order valence-corrected chi connectivity index (χ4v) is 4.43. The van der Waals surface area contributed by atoms with Gasteiger partial charge in [0, 0.05) is 27.3 Å². The van der Waals surface area contributed by atoms with Gasteiger partial charge in [0.25, 0.3) is 5.22 Å². The number of hydrogen-bond donors (Lipinski definition) is 1. The number of ether oxygens (including phenoxy) is 1. The number of halogens is 1. The molecule has 0 unspecified atom stereocenters. The summed E-state index contributed by atoms with van der Waals surface area (Å²) in [6.07, 6.45) is 0. The normalized spacial score (nSPS) is 11.7. The lowest BCUT2D eigenvalue weighted by Gasteiger charge is -2.09. The topological polar surface area (TPSA) is 93.6 Å². The lowest BCUT2D eigenvalue weighted by molar-refractivity contribution is 0.319. The molecule has 9 heteroatoms. The minimum Gasteiger partial charge on any atom is -0.497 e. The van der Waals surface area contributed by atoms with Crippen LogP contribution in [0.25, 0.3) is 33.6 Å². The number of aromatic nitrogens is 3. The van der Waals surface area contributed by atoms with Crippen LogP contribution in [-0.2, 0) is 0 Å². The Kier molecular flexibility index (Phi) is 6.65. The standard InChI is InChI=1S/C26H19ClN4O3S/c1-33-19-11-12-22-20(13-19)21(14-23(28-22)17-7-9-18(27)10-8-17)25-29-30-26(34-25)35-15-24(31-32)16-5-3-2-4-6-16/h2-14,32H,15H2,1H3/b31-24-. The number of rotatable bonds is 7. The van der Waals surface area contributed by atoms with E-state index in [1.54, 1.807) is 7.11 Å². The SMILES string of the molecule is COc1ccc2nc(-c3ccc(Cl)cc3)cc(-c3nnc(SC/C(=N/O)c4ccccc4)o3)c2c1. The molecule has 2 aromatic heterocycles. The van der Waals surface area contributed by atoms with E-state index >= 15 is 0 Å². The number of pyridine rings is 1. The Morgan fingerprint density at radius 2 is 1.83 bits per heavy atom. The van der Waals surface area contributed by atoms with E-state index in [4.69, 9.17) is 25.7 Å². The second-order valence-electron chi connectivity index (χ2n) is 7.52. The predicted octanol–water partition coefficient (Wildman–Crippen LogP) is 6.58. The molecule has 174 valence electrons. The molecule has 0 aliphatic rings. The Labute approximate surface area is 210 Å². The van der Waals surface area contributed by atoms with Gasteiger partial charge in [-0.25, -0.2) is 4.98 Å². The smallest absolute Gasteiger partial charge is 0.277 e. The van der Waals surface area contributed by atoms with E-state index in [-0.39, 0.29) is 0 Å². The largest absolute Gasteiger partial charge is 0.497 e. The first-order valence-corrected chi connectivity index (χ1v) is 12.0. The van der Waals surface area contributed by atoms with E-state index in [0.29, 0.717) is 33.4 Å². The van der Waals surface area contributed by atoms with Crippen molar-refractivity contribution in [2.45, 2.75) is 5.22 Å². The van der Waals surface area contributed by atoms with Gasteiger partial charge in [0.15, 0.2) is 0 Å². The van der Waals surface area contributed by atoms with E-state index in [0.717, 1.165) is 33.3 Å². The summed E-state index contributed by atoms with van der Waals surface area (Å²) in [5.74, 6) is 1.41. The number of oxime groups is 1. The molecule has 5 rings (SSSR count). The van der Waals surface area contributed by atoms with E-state index < -0.39 is 0 Å². The molecule has 0 saturated heterocycles. The average Bonchev–Trinajstić information content (AvgIpc) is 3.38. The molecular formula is C26H19ClN4O3S. The van der Waals surface area contributed by atoms with E-state index in [9.17, 15) is 5.21 Å². The van der Waals surface area contributed by atoms with Gasteiger partial charge < -0.3 is 14.4 Å². The van der Waals surface area contributed by atoms with E-state index in [1.807, 2.05) is 78.9 Å². The number of nitrogens with zero attached hydrogens (tertiary/aromatic N) is 4. The van der Waals surface area contributed by atoms with Gasteiger partial charge >= 0.3 is 0 Å². The lowest BCUT2D eigenvalue weighted by atomic mass is 10.0. The Morgan fingerprint density at radius 1 is 1.03 bits per heavy atom. The van der Waals surface area contributed by atoms with Crippen molar-refractivity contribution in [1.29, 1.82) is 0 Å². The maximum absolute atomic E-state index is 9.45. The number of methoxy groups -OCH3 is 1. The van der Waals surface area contributed by atoms with Crippen molar-refractivity contribution in [2.75, 3.05) is 12.9 Å². The number of benzene rings is 3. The van der Waals surface area contributed by atoms with Crippen LogP contribution in [-0.4, -0.2) is 39.0 Å². The van der Waals surface area contributed by atoms with Gasteiger partial charge in [-0.3, -0.25) is 0 Å². The summed E-state index contributed by atoms with van der Waals surface area (Å²) in [4.78, 5) is 4.81. The summed E-state index contributed by atoms with van der Waals surface area (Å²) in [6.45, 7) is 0. The van der Waals surface area contributed by atoms with Crippen LogP contribution < -0.4 is 4.74 Å². The van der Waals surface area contributed by atoms with Crippen molar-refractivity contribution in [3.8, 4) is 28.5 Å². The second kappa shape index (κ2) is 10.2. The highest BCUT2D eigenvalue weighted by Crippen LogP contribution is 2.34. The van der Waals surface area contributed by atoms with Crippen LogP contribution in [0.4, 0.5) is 0 Å². The predicted molar refractivity (Wildman–Crippen MR) is 138 cm³/mol. The maximum atomic E-state index is 9.45. The Hall–Kier alpha value is -3.88. The average molecular weight is 503 g/mol. The zero-order valence-corrected chi connectivity index (χ0v) is 20.1. The number of hydrogen-bond acceptors (Lipinski definition) is 8. The molecule has 35 heavy (non-hydrogen) atoms. The van der Waals surface area contributed by atoms with Gasteiger partial charge in [0.05, 0.1) is 29.6 Å². The van der Waals surface area contributed by atoms with Crippen molar-refractivity contribution in [1.82, 2.24) is 15.2 Å². The van der Waals surface area contributed by atoms with Gasteiger partial charge in [-0.15, -0.1) is 10.2 Å². The lowest BCUT2D eigenvalue weighted by Crippen LogP contribution is -2.04. The van der Waals surface area contributed by atoms with Gasteiger partial charge in [-0.2, -0.15) is 0 Å². The van der Waals surface area contributed by atoms with Crippen molar-refractivity contribution in [2.24, 2.45) is 5.16 Å². The molecule has 0 bridgehead atoms. The highest BCUT2D eigenvalue weighted by molar-refractivity contribution is 7.99. The van der Waals surface area contributed by atoms with Crippen molar-refractivity contribution in [3.63, 3.8) is 0 Å². The summed E-state index contributed by atoms with van der Waals surface area (Å²) in [5.41, 5.74) is 4.49. The number of thioether (sulfide) groups is 1. The molecule has 5 aromatic rings. The zero-order valence-electron chi connectivity index (χ0n) is 18.6. The highest BCUT2D eigenvalue weighted by atomic mass is 35.5. The van der Waals surface area contributed by atoms with Crippen LogP contribution in [0.1, 0.15) is 5.56 Å². The van der Waals surface area contributed by atoms with E-state index in [2.05, 4.69) is 15.4 Å². The van der Waals surface area contributed by atoms with Crippen molar-refractivity contribution in [3.05, 3.63) is 89.4 Å². The van der Waals surface area contributed by atoms with Gasteiger partial charge in [-0.1, -0.05) is 71.0 Å². The fourth-order valence-electron chi connectivity index (χ4n) is 3.58. The molecule has 0 spiro atoms. The summed E-state index contributed by atoms with van der Waals surface area (Å²) < 4.78 is 11.4. The molecule has 0 atom stereocenters. The van der Waals surface area contributed by atoms with Gasteiger partial charge in [-0.05, 0) is 36.4 Å². The monoisotopic (exact) mass is 502 g/mol. The summed E-state index contributed by atoms with van der Waals surface area (Å²) in [7, 11) is 1.62. The Morgan fingerprint density at radius 3 is 2.57 bits per heavy atom. The van der Waals surface area contributed by atoms with Crippen LogP contribution >= 0.6 is 23.4 Å². The maximum Gasteiger partial charge on any atom is 0.277 e. The van der Waals surface area contributed by atoms with Crippen LogP contribution in [0.2, 0.25) is 5.02 Å². The Bertz CT molecular complexity index is 1500. The minimum atomic E-state index is 0.352. The van der Waals surface area contributed by atoms with Crippen LogP contribution in [0.3, 0.4) is 0 Å². The molecule has 3 aromatic carbocycles. The minimum absolute atomic E-state index is 0.352. The first-order chi connectivity index (χ1) is 17.1. The van der Waals surface area contributed by atoms with E-state index in [1.165, 1.54) is 11.8 Å². The summed E-state index contributed by atoms with van der Waals surface area (Å²) >= 11 is 7.36. The molecule has 1 N–H and O–H groups in total. The molecular weight excluding hydrogens is 484 g/mol. The van der Waals surface area contributed by atoms with Crippen LogP contribution in [0, 0.1) is 0 Å². The van der Waals surface area contributed by atoms with Crippen molar-refractivity contribution >= 4 is 40.0 Å². The molecule has 0 aliphatic carbocycles. The van der Waals surface area contributed by atoms with Crippen LogP contribution in [0.15, 0.2) is 93.7 Å². The zero-order chi connectivity index (χ0) is 24.2. The first kappa shape index (κ1) is 22.9. The molecule has 0 radical (unpaired) electrons. The molecule has 0 amide bonds.